The number of carbonyl (C=O) groups is 1. The Kier molecular flexibility index (Phi) is 4.31. The van der Waals surface area contributed by atoms with Gasteiger partial charge in [0.25, 0.3) is 0 Å². The second-order valence-corrected chi connectivity index (χ2v) is 6.74. The third-order valence-electron chi connectivity index (χ3n) is 4.22. The summed E-state index contributed by atoms with van der Waals surface area (Å²) in [5.74, 6) is 1.10. The molecule has 0 radical (unpaired) electrons. The molecule has 1 aliphatic heterocycles. The van der Waals surface area contributed by atoms with Crippen LogP contribution in [-0.2, 0) is 18.4 Å². The summed E-state index contributed by atoms with van der Waals surface area (Å²) in [6.45, 7) is 6.58. The van der Waals surface area contributed by atoms with Gasteiger partial charge < -0.3 is 0 Å². The molecule has 1 amide bonds. The molecule has 118 valence electrons. The van der Waals surface area contributed by atoms with E-state index in [0.29, 0.717) is 0 Å². The van der Waals surface area contributed by atoms with Gasteiger partial charge in [0.05, 0.1) is 11.7 Å². The number of hydrogen-bond acceptors (Lipinski definition) is 4. The summed E-state index contributed by atoms with van der Waals surface area (Å²) in [6, 6.07) is 6.15. The van der Waals surface area contributed by atoms with E-state index in [1.807, 2.05) is 24.9 Å². The number of aromatic nitrogens is 2. The van der Waals surface area contributed by atoms with Crippen LogP contribution in [0.25, 0.3) is 0 Å². The van der Waals surface area contributed by atoms with Crippen molar-refractivity contribution in [2.45, 2.75) is 32.9 Å². The molecule has 0 N–H and O–H groups in total. The van der Waals surface area contributed by atoms with E-state index in [2.05, 4.69) is 34.4 Å². The van der Waals surface area contributed by atoms with E-state index in [0.717, 1.165) is 37.6 Å². The third-order valence-corrected chi connectivity index (χ3v) is 5.08. The van der Waals surface area contributed by atoms with E-state index in [1.165, 1.54) is 4.88 Å². The second-order valence-electron chi connectivity index (χ2n) is 5.70. The number of amides is 1. The molecule has 22 heavy (non-hydrogen) atoms. The van der Waals surface area contributed by atoms with E-state index in [1.54, 1.807) is 16.0 Å². The summed E-state index contributed by atoms with van der Waals surface area (Å²) in [7, 11) is 1.90. The van der Waals surface area contributed by atoms with Gasteiger partial charge >= 0.3 is 0 Å². The number of anilines is 1. The molecule has 1 saturated heterocycles. The fourth-order valence-electron chi connectivity index (χ4n) is 3.13. The largest absolute Gasteiger partial charge is 0.296 e. The average Bonchev–Trinajstić information content (AvgIpc) is 3.18. The molecule has 0 aliphatic carbocycles. The van der Waals surface area contributed by atoms with Crippen LogP contribution in [-0.4, -0.2) is 39.7 Å². The predicted molar refractivity (Wildman–Crippen MR) is 89.1 cm³/mol. The molecule has 2 aromatic rings. The van der Waals surface area contributed by atoms with Gasteiger partial charge in [0, 0.05) is 31.1 Å². The van der Waals surface area contributed by atoms with E-state index in [4.69, 9.17) is 0 Å². The molecule has 1 fully saturated rings. The number of hydrogen-bond donors (Lipinski definition) is 0. The summed E-state index contributed by atoms with van der Waals surface area (Å²) < 4.78 is 1.80. The number of carbonyl (C=O) groups excluding carboxylic acids is 1. The summed E-state index contributed by atoms with van der Waals surface area (Å²) in [4.78, 5) is 18.3. The standard InChI is InChI=1S/C16H22N4OS/c1-4-19(11-13-6-5-9-22-13)14-7-8-20(16(14)21)15-10-12(2)17-18(15)3/h5-6,9-10,14H,4,7-8,11H2,1-3H3/t14-/m0/s1. The molecule has 3 heterocycles. The van der Waals surface area contributed by atoms with Crippen molar-refractivity contribution >= 4 is 23.1 Å². The number of thiophene rings is 1. The van der Waals surface area contributed by atoms with Crippen molar-refractivity contribution < 1.29 is 4.79 Å². The van der Waals surface area contributed by atoms with Gasteiger partial charge in [-0.25, -0.2) is 0 Å². The van der Waals surface area contributed by atoms with Crippen LogP contribution in [0.4, 0.5) is 5.82 Å². The lowest BCUT2D eigenvalue weighted by molar-refractivity contribution is -0.121. The fraction of sp³-hybridized carbons (Fsp3) is 0.500. The molecule has 0 aromatic carbocycles. The van der Waals surface area contributed by atoms with Gasteiger partial charge in [-0.1, -0.05) is 13.0 Å². The minimum Gasteiger partial charge on any atom is -0.296 e. The van der Waals surface area contributed by atoms with Gasteiger partial charge in [0.2, 0.25) is 5.91 Å². The highest BCUT2D eigenvalue weighted by Crippen LogP contribution is 2.26. The molecule has 5 nitrogen and oxygen atoms in total. The normalized spacial score (nSPS) is 18.6. The Labute approximate surface area is 135 Å². The Morgan fingerprint density at radius 1 is 1.50 bits per heavy atom. The van der Waals surface area contributed by atoms with Crippen LogP contribution in [0.15, 0.2) is 23.6 Å². The Hall–Kier alpha value is -1.66. The van der Waals surface area contributed by atoms with Crippen LogP contribution >= 0.6 is 11.3 Å². The van der Waals surface area contributed by atoms with E-state index in [-0.39, 0.29) is 11.9 Å². The van der Waals surface area contributed by atoms with Crippen LogP contribution < -0.4 is 4.90 Å². The lowest BCUT2D eigenvalue weighted by atomic mass is 10.2. The maximum absolute atomic E-state index is 12.8. The van der Waals surface area contributed by atoms with Crippen LogP contribution in [0.3, 0.4) is 0 Å². The van der Waals surface area contributed by atoms with Crippen LogP contribution in [0, 0.1) is 6.92 Å². The maximum Gasteiger partial charge on any atom is 0.245 e. The summed E-state index contributed by atoms with van der Waals surface area (Å²) in [5, 5.41) is 6.44. The van der Waals surface area contributed by atoms with Crippen molar-refractivity contribution in [3.05, 3.63) is 34.2 Å². The highest BCUT2D eigenvalue weighted by Gasteiger charge is 2.37. The Balaban J connectivity index is 1.76. The van der Waals surface area contributed by atoms with Crippen molar-refractivity contribution in [1.29, 1.82) is 0 Å². The quantitative estimate of drug-likeness (QED) is 0.850. The number of rotatable bonds is 5. The predicted octanol–water partition coefficient (Wildman–Crippen LogP) is 2.42. The molecule has 1 aliphatic rings. The smallest absolute Gasteiger partial charge is 0.245 e. The second kappa shape index (κ2) is 6.22. The molecule has 0 bridgehead atoms. The Morgan fingerprint density at radius 3 is 2.91 bits per heavy atom. The van der Waals surface area contributed by atoms with Crippen molar-refractivity contribution in [2.24, 2.45) is 7.05 Å². The molecule has 2 aromatic heterocycles. The minimum atomic E-state index is -0.0256. The van der Waals surface area contributed by atoms with Crippen LogP contribution in [0.5, 0.6) is 0 Å². The SMILES string of the molecule is CCN(Cc1cccs1)[C@H]1CCN(c2cc(C)nn2C)C1=O. The first-order valence-corrected chi connectivity index (χ1v) is 8.56. The molecule has 6 heteroatoms. The van der Waals surface area contributed by atoms with E-state index < -0.39 is 0 Å². The van der Waals surface area contributed by atoms with Crippen molar-refractivity contribution in [3.63, 3.8) is 0 Å². The Morgan fingerprint density at radius 2 is 2.32 bits per heavy atom. The van der Waals surface area contributed by atoms with Crippen molar-refractivity contribution in [3.8, 4) is 0 Å². The maximum atomic E-state index is 12.8. The van der Waals surface area contributed by atoms with Gasteiger partial charge in [-0.15, -0.1) is 11.3 Å². The molecular weight excluding hydrogens is 296 g/mol. The highest BCUT2D eigenvalue weighted by molar-refractivity contribution is 7.09. The van der Waals surface area contributed by atoms with Gasteiger partial charge in [-0.2, -0.15) is 5.10 Å². The number of aryl methyl sites for hydroxylation is 2. The first kappa shape index (κ1) is 15.2. The zero-order chi connectivity index (χ0) is 15.7. The lowest BCUT2D eigenvalue weighted by Crippen LogP contribution is -2.41. The van der Waals surface area contributed by atoms with Crippen molar-refractivity contribution in [2.75, 3.05) is 18.0 Å². The number of likely N-dealkylation sites (N-methyl/N-ethyl adjacent to an activating group) is 1. The molecular formula is C16H22N4OS. The Bertz CT molecular complexity index is 649. The lowest BCUT2D eigenvalue weighted by Gasteiger charge is -2.26. The van der Waals surface area contributed by atoms with Gasteiger partial charge in [-0.05, 0) is 31.3 Å². The monoisotopic (exact) mass is 318 g/mol. The zero-order valence-corrected chi connectivity index (χ0v) is 14.1. The first-order chi connectivity index (χ1) is 10.6. The molecule has 0 saturated carbocycles. The highest BCUT2D eigenvalue weighted by atomic mass is 32.1. The fourth-order valence-corrected chi connectivity index (χ4v) is 3.86. The van der Waals surface area contributed by atoms with E-state index in [9.17, 15) is 4.79 Å². The third kappa shape index (κ3) is 2.80. The number of nitrogens with zero attached hydrogens (tertiary/aromatic N) is 4. The van der Waals surface area contributed by atoms with Gasteiger partial charge in [0.15, 0.2) is 0 Å². The molecule has 3 rings (SSSR count). The summed E-state index contributed by atoms with van der Waals surface area (Å²) in [6.07, 6.45) is 0.877. The molecule has 0 unspecified atom stereocenters. The summed E-state index contributed by atoms with van der Waals surface area (Å²) >= 11 is 1.75. The van der Waals surface area contributed by atoms with Crippen LogP contribution in [0.1, 0.15) is 23.9 Å². The van der Waals surface area contributed by atoms with E-state index >= 15 is 0 Å². The average molecular weight is 318 g/mol. The topological polar surface area (TPSA) is 41.4 Å². The first-order valence-electron chi connectivity index (χ1n) is 7.68. The minimum absolute atomic E-state index is 0.0256. The van der Waals surface area contributed by atoms with Gasteiger partial charge in [-0.3, -0.25) is 19.3 Å². The van der Waals surface area contributed by atoms with Crippen molar-refractivity contribution in [1.82, 2.24) is 14.7 Å². The molecule has 0 spiro atoms. The summed E-state index contributed by atoms with van der Waals surface area (Å²) in [5.41, 5.74) is 0.944. The zero-order valence-electron chi connectivity index (χ0n) is 13.3. The molecule has 1 atom stereocenters. The van der Waals surface area contributed by atoms with Gasteiger partial charge in [0.1, 0.15) is 5.82 Å². The van der Waals surface area contributed by atoms with Crippen LogP contribution in [0.2, 0.25) is 0 Å².